The van der Waals surface area contributed by atoms with E-state index in [1.165, 1.54) is 11.5 Å². The quantitative estimate of drug-likeness (QED) is 0.772. The van der Waals surface area contributed by atoms with E-state index in [-0.39, 0.29) is 11.8 Å². The lowest BCUT2D eigenvalue weighted by Crippen LogP contribution is -2.39. The lowest BCUT2D eigenvalue weighted by atomic mass is 9.93. The molecule has 9 heteroatoms. The van der Waals surface area contributed by atoms with Crippen molar-refractivity contribution in [3.8, 4) is 10.6 Å². The highest BCUT2D eigenvalue weighted by Gasteiger charge is 2.31. The number of likely N-dealkylation sites (tertiary alicyclic amines) is 1. The predicted octanol–water partition coefficient (Wildman–Crippen LogP) is 2.55. The van der Waals surface area contributed by atoms with Crippen LogP contribution in [0.4, 0.5) is 0 Å². The number of aryl methyl sites for hydroxylation is 2. The molecule has 0 aromatic carbocycles. The summed E-state index contributed by atoms with van der Waals surface area (Å²) in [6.07, 6.45) is 3.49. The molecule has 1 amide bonds. The van der Waals surface area contributed by atoms with Gasteiger partial charge in [-0.3, -0.25) is 9.89 Å². The minimum Gasteiger partial charge on any atom is -0.355 e. The van der Waals surface area contributed by atoms with Crippen molar-refractivity contribution in [2.75, 3.05) is 13.1 Å². The summed E-state index contributed by atoms with van der Waals surface area (Å²) in [7, 11) is 0. The maximum absolute atomic E-state index is 12.8. The topological polar surface area (TPSA) is 101 Å². The Morgan fingerprint density at radius 2 is 2.32 bits per heavy atom. The van der Waals surface area contributed by atoms with Gasteiger partial charge in [-0.1, -0.05) is 9.64 Å². The molecule has 3 aromatic heterocycles. The average Bonchev–Trinajstić information content (AvgIpc) is 3.34. The monoisotopic (exact) mass is 358 g/mol. The number of hydrogen-bond acceptors (Lipinski definition) is 7. The van der Waals surface area contributed by atoms with Crippen LogP contribution in [0.1, 0.15) is 46.2 Å². The molecular weight excluding hydrogens is 340 g/mol. The summed E-state index contributed by atoms with van der Waals surface area (Å²) in [5, 5.41) is 15.0. The van der Waals surface area contributed by atoms with E-state index in [0.29, 0.717) is 17.9 Å². The van der Waals surface area contributed by atoms with E-state index in [1.54, 1.807) is 6.20 Å². The van der Waals surface area contributed by atoms with Crippen molar-refractivity contribution < 1.29 is 9.32 Å². The lowest BCUT2D eigenvalue weighted by Gasteiger charge is -2.32. The van der Waals surface area contributed by atoms with Gasteiger partial charge in [-0.25, -0.2) is 0 Å². The van der Waals surface area contributed by atoms with Gasteiger partial charge in [0.1, 0.15) is 4.88 Å². The first-order valence-electron chi connectivity index (χ1n) is 8.18. The standard InChI is InChI=1S/C16H18N6O2S/c1-9-6-13(24-20-9)15-14(19-21-25-15)11-4-3-5-22(8-11)16(23)12-7-17-18-10(12)2/h6-7,11H,3-5,8H2,1-2H3,(H,17,18)/t11-/m1/s1. The van der Waals surface area contributed by atoms with Crippen LogP contribution in [0.3, 0.4) is 0 Å². The molecule has 1 aliphatic rings. The number of aromatic amines is 1. The maximum Gasteiger partial charge on any atom is 0.257 e. The van der Waals surface area contributed by atoms with Crippen LogP contribution in [0.25, 0.3) is 10.6 Å². The van der Waals surface area contributed by atoms with Crippen LogP contribution < -0.4 is 0 Å². The van der Waals surface area contributed by atoms with Gasteiger partial charge in [-0.15, -0.1) is 5.10 Å². The van der Waals surface area contributed by atoms with Crippen molar-refractivity contribution in [1.29, 1.82) is 0 Å². The Balaban J connectivity index is 1.57. The van der Waals surface area contributed by atoms with Crippen LogP contribution in [0.2, 0.25) is 0 Å². The molecule has 0 radical (unpaired) electrons. The Hall–Kier alpha value is -2.55. The van der Waals surface area contributed by atoms with Gasteiger partial charge in [-0.2, -0.15) is 5.10 Å². The van der Waals surface area contributed by atoms with Crippen molar-refractivity contribution in [1.82, 2.24) is 29.8 Å². The summed E-state index contributed by atoms with van der Waals surface area (Å²) in [6.45, 7) is 5.11. The molecule has 4 rings (SSSR count). The number of amides is 1. The molecule has 1 atom stereocenters. The predicted molar refractivity (Wildman–Crippen MR) is 91.3 cm³/mol. The van der Waals surface area contributed by atoms with E-state index in [9.17, 15) is 4.79 Å². The van der Waals surface area contributed by atoms with Crippen molar-refractivity contribution in [3.05, 3.63) is 34.9 Å². The molecule has 4 heterocycles. The molecule has 1 saturated heterocycles. The molecule has 1 fully saturated rings. The van der Waals surface area contributed by atoms with Crippen LogP contribution >= 0.6 is 11.5 Å². The van der Waals surface area contributed by atoms with Gasteiger partial charge in [0.2, 0.25) is 0 Å². The fourth-order valence-corrected chi connectivity index (χ4v) is 3.93. The van der Waals surface area contributed by atoms with Crippen molar-refractivity contribution in [3.63, 3.8) is 0 Å². The van der Waals surface area contributed by atoms with Crippen LogP contribution in [0, 0.1) is 13.8 Å². The van der Waals surface area contributed by atoms with Gasteiger partial charge >= 0.3 is 0 Å². The van der Waals surface area contributed by atoms with Crippen LogP contribution in [0.5, 0.6) is 0 Å². The highest BCUT2D eigenvalue weighted by molar-refractivity contribution is 7.09. The van der Waals surface area contributed by atoms with Gasteiger partial charge in [0, 0.05) is 30.8 Å². The molecule has 0 aliphatic carbocycles. The van der Waals surface area contributed by atoms with Gasteiger partial charge in [-0.05, 0) is 38.2 Å². The van der Waals surface area contributed by atoms with E-state index in [4.69, 9.17) is 4.52 Å². The summed E-state index contributed by atoms with van der Waals surface area (Å²) in [5.74, 6) is 0.844. The lowest BCUT2D eigenvalue weighted by molar-refractivity contribution is 0.0705. The van der Waals surface area contributed by atoms with Gasteiger partial charge in [0.25, 0.3) is 5.91 Å². The molecule has 25 heavy (non-hydrogen) atoms. The number of H-pyrrole nitrogens is 1. The van der Waals surface area contributed by atoms with E-state index >= 15 is 0 Å². The second-order valence-electron chi connectivity index (χ2n) is 6.32. The minimum absolute atomic E-state index is 0.0104. The maximum atomic E-state index is 12.8. The third-order valence-electron chi connectivity index (χ3n) is 4.52. The summed E-state index contributed by atoms with van der Waals surface area (Å²) in [5.41, 5.74) is 3.14. The first kappa shape index (κ1) is 15.9. The molecule has 0 spiro atoms. The molecule has 8 nitrogen and oxygen atoms in total. The summed E-state index contributed by atoms with van der Waals surface area (Å²) >= 11 is 1.31. The summed E-state index contributed by atoms with van der Waals surface area (Å²) in [6, 6.07) is 1.89. The van der Waals surface area contributed by atoms with E-state index in [0.717, 1.165) is 41.3 Å². The van der Waals surface area contributed by atoms with Gasteiger partial charge in [0.15, 0.2) is 5.76 Å². The third kappa shape index (κ3) is 2.95. The number of nitrogens with zero attached hydrogens (tertiary/aromatic N) is 5. The van der Waals surface area contributed by atoms with E-state index in [2.05, 4.69) is 24.9 Å². The summed E-state index contributed by atoms with van der Waals surface area (Å²) < 4.78 is 9.48. The molecule has 0 saturated carbocycles. The normalized spacial score (nSPS) is 17.8. The molecule has 0 unspecified atom stereocenters. The number of nitrogens with one attached hydrogen (secondary N) is 1. The first-order chi connectivity index (χ1) is 12.1. The SMILES string of the molecule is Cc1cc(-c2snnc2[C@@H]2CCCN(C(=O)c3cn[nH]c3C)C2)on1. The van der Waals surface area contributed by atoms with Crippen LogP contribution in [-0.2, 0) is 0 Å². The highest BCUT2D eigenvalue weighted by atomic mass is 32.1. The largest absolute Gasteiger partial charge is 0.355 e. The van der Waals surface area contributed by atoms with Crippen molar-refractivity contribution in [2.24, 2.45) is 0 Å². The molecule has 1 N–H and O–H groups in total. The number of piperidine rings is 1. The number of carbonyl (C=O) groups is 1. The second-order valence-corrected chi connectivity index (χ2v) is 7.07. The second kappa shape index (κ2) is 6.40. The zero-order valence-electron chi connectivity index (χ0n) is 14.0. The number of aromatic nitrogens is 5. The molecule has 0 bridgehead atoms. The van der Waals surface area contributed by atoms with Crippen molar-refractivity contribution >= 4 is 17.4 Å². The molecule has 3 aromatic rings. The highest BCUT2D eigenvalue weighted by Crippen LogP contribution is 2.35. The Kier molecular flexibility index (Phi) is 4.08. The fraction of sp³-hybridized carbons (Fsp3) is 0.438. The van der Waals surface area contributed by atoms with E-state index < -0.39 is 0 Å². The average molecular weight is 358 g/mol. The van der Waals surface area contributed by atoms with Gasteiger partial charge in [0.05, 0.1) is 23.1 Å². The summed E-state index contributed by atoms with van der Waals surface area (Å²) in [4.78, 5) is 15.5. The zero-order valence-corrected chi connectivity index (χ0v) is 14.8. The Bertz CT molecular complexity index is 898. The number of hydrogen-bond donors (Lipinski definition) is 1. The van der Waals surface area contributed by atoms with Gasteiger partial charge < -0.3 is 9.42 Å². The third-order valence-corrected chi connectivity index (χ3v) is 5.28. The zero-order chi connectivity index (χ0) is 17.4. The van der Waals surface area contributed by atoms with E-state index in [1.807, 2.05) is 24.8 Å². The van der Waals surface area contributed by atoms with Crippen LogP contribution in [-0.4, -0.2) is 48.8 Å². The van der Waals surface area contributed by atoms with Crippen molar-refractivity contribution in [2.45, 2.75) is 32.6 Å². The molecular formula is C16H18N6O2S. The first-order valence-corrected chi connectivity index (χ1v) is 8.96. The smallest absolute Gasteiger partial charge is 0.257 e. The number of carbonyl (C=O) groups excluding carboxylic acids is 1. The fourth-order valence-electron chi connectivity index (χ4n) is 3.23. The Morgan fingerprint density at radius 1 is 1.44 bits per heavy atom. The molecule has 130 valence electrons. The number of rotatable bonds is 3. The van der Waals surface area contributed by atoms with Crippen LogP contribution in [0.15, 0.2) is 16.8 Å². The Labute approximate surface area is 148 Å². The minimum atomic E-state index is 0.0104. The Morgan fingerprint density at radius 3 is 3.04 bits per heavy atom. The molecule has 1 aliphatic heterocycles.